The molecule has 0 aliphatic heterocycles. The van der Waals surface area contributed by atoms with Gasteiger partial charge >= 0.3 is 0 Å². The molecule has 0 bridgehead atoms. The number of thiazole rings is 1. The molecule has 4 heterocycles. The van der Waals surface area contributed by atoms with Gasteiger partial charge in [-0.25, -0.2) is 4.98 Å². The molecule has 9 heteroatoms. The van der Waals surface area contributed by atoms with Gasteiger partial charge in [-0.15, -0.1) is 32.9 Å². The van der Waals surface area contributed by atoms with Gasteiger partial charge in [0.05, 0.1) is 10.6 Å². The Morgan fingerprint density at radius 3 is 2.96 bits per heavy atom. The molecule has 0 atom stereocenters. The Bertz CT molecular complexity index is 1050. The maximum Gasteiger partial charge on any atom is 0.258 e. The first-order valence-corrected chi connectivity index (χ1v) is 10.6. The van der Waals surface area contributed by atoms with E-state index in [1.54, 1.807) is 39.8 Å². The first-order valence-electron chi connectivity index (χ1n) is 7.82. The summed E-state index contributed by atoms with van der Waals surface area (Å²) < 4.78 is 3.71. The van der Waals surface area contributed by atoms with E-state index in [-0.39, 0.29) is 5.56 Å². The highest BCUT2D eigenvalue weighted by Gasteiger charge is 2.15. The van der Waals surface area contributed by atoms with E-state index in [9.17, 15) is 4.79 Å². The van der Waals surface area contributed by atoms with Crippen molar-refractivity contribution >= 4 is 39.4 Å². The molecule has 0 aromatic carbocycles. The first kappa shape index (κ1) is 16.5. The van der Waals surface area contributed by atoms with Crippen molar-refractivity contribution in [1.82, 2.24) is 24.1 Å². The summed E-state index contributed by atoms with van der Waals surface area (Å²) in [5.41, 5.74) is 0.720. The molecule has 0 aliphatic carbocycles. The highest BCUT2D eigenvalue weighted by Crippen LogP contribution is 2.28. The van der Waals surface area contributed by atoms with E-state index in [1.807, 2.05) is 16.8 Å². The summed E-state index contributed by atoms with van der Waals surface area (Å²) >= 11 is 4.69. The minimum absolute atomic E-state index is 0.0452. The Hall–Kier alpha value is -1.97. The Balaban J connectivity index is 1.60. The Morgan fingerprint density at radius 2 is 2.16 bits per heavy atom. The molecule has 0 saturated carbocycles. The van der Waals surface area contributed by atoms with Gasteiger partial charge in [0.2, 0.25) is 0 Å². The van der Waals surface area contributed by atoms with Crippen LogP contribution in [0.25, 0.3) is 15.7 Å². The van der Waals surface area contributed by atoms with Gasteiger partial charge < -0.3 is 4.57 Å². The van der Waals surface area contributed by atoms with Crippen molar-refractivity contribution in [3.05, 3.63) is 51.2 Å². The SMILES string of the molecule is CCCn1c(SCc2cc(=O)n3ccsc3n2)nnc1-c1cccs1. The van der Waals surface area contributed by atoms with Crippen LogP contribution in [0.2, 0.25) is 0 Å². The van der Waals surface area contributed by atoms with Gasteiger partial charge in [-0.2, -0.15) is 0 Å². The molecule has 0 N–H and O–H groups in total. The summed E-state index contributed by atoms with van der Waals surface area (Å²) in [5.74, 6) is 1.50. The van der Waals surface area contributed by atoms with Gasteiger partial charge in [0.25, 0.3) is 5.56 Å². The number of thioether (sulfide) groups is 1. The maximum atomic E-state index is 12.1. The van der Waals surface area contributed by atoms with E-state index in [1.165, 1.54) is 11.3 Å². The van der Waals surface area contributed by atoms with Crippen LogP contribution >= 0.6 is 34.4 Å². The average molecular weight is 390 g/mol. The largest absolute Gasteiger partial charge is 0.301 e. The predicted octanol–water partition coefficient (Wildman–Crippen LogP) is 3.78. The summed E-state index contributed by atoms with van der Waals surface area (Å²) in [6.07, 6.45) is 2.75. The minimum Gasteiger partial charge on any atom is -0.301 e. The molecule has 4 aromatic rings. The second kappa shape index (κ2) is 7.11. The number of fused-ring (bicyclic) bond motifs is 1. The van der Waals surface area contributed by atoms with Crippen molar-refractivity contribution in [3.8, 4) is 10.7 Å². The van der Waals surface area contributed by atoms with Crippen LogP contribution in [0, 0.1) is 0 Å². The second-order valence-electron chi connectivity index (χ2n) is 5.37. The van der Waals surface area contributed by atoms with E-state index in [4.69, 9.17) is 0 Å². The van der Waals surface area contributed by atoms with Crippen molar-refractivity contribution in [1.29, 1.82) is 0 Å². The van der Waals surface area contributed by atoms with Gasteiger partial charge in [-0.3, -0.25) is 9.20 Å². The molecule has 4 aromatic heterocycles. The molecule has 0 amide bonds. The molecule has 128 valence electrons. The van der Waals surface area contributed by atoms with Crippen LogP contribution in [0.4, 0.5) is 0 Å². The monoisotopic (exact) mass is 389 g/mol. The van der Waals surface area contributed by atoms with Gasteiger partial charge in [-0.1, -0.05) is 24.8 Å². The van der Waals surface area contributed by atoms with Crippen molar-refractivity contribution in [2.75, 3.05) is 0 Å². The molecule has 6 nitrogen and oxygen atoms in total. The highest BCUT2D eigenvalue weighted by molar-refractivity contribution is 7.98. The van der Waals surface area contributed by atoms with Gasteiger partial charge in [-0.05, 0) is 17.9 Å². The third-order valence-corrected chi connectivity index (χ3v) is 6.23. The van der Waals surface area contributed by atoms with E-state index < -0.39 is 0 Å². The van der Waals surface area contributed by atoms with Crippen LogP contribution < -0.4 is 5.56 Å². The van der Waals surface area contributed by atoms with Gasteiger partial charge in [0.15, 0.2) is 15.9 Å². The molecule has 0 radical (unpaired) electrons. The zero-order valence-electron chi connectivity index (χ0n) is 13.5. The number of hydrogen-bond donors (Lipinski definition) is 0. The third kappa shape index (κ3) is 3.26. The number of nitrogens with zero attached hydrogens (tertiary/aromatic N) is 5. The summed E-state index contributed by atoms with van der Waals surface area (Å²) in [5, 5.41) is 13.5. The second-order valence-corrected chi connectivity index (χ2v) is 8.13. The Kier molecular flexibility index (Phi) is 4.69. The molecule has 0 spiro atoms. The number of thiophene rings is 1. The lowest BCUT2D eigenvalue weighted by molar-refractivity contribution is 0.627. The number of aromatic nitrogens is 5. The first-order chi connectivity index (χ1) is 12.3. The number of rotatable bonds is 6. The molecular formula is C16H15N5OS3. The molecule has 4 rings (SSSR count). The topological polar surface area (TPSA) is 65.1 Å². The van der Waals surface area contributed by atoms with E-state index in [0.29, 0.717) is 5.75 Å². The zero-order chi connectivity index (χ0) is 17.2. The molecule has 0 unspecified atom stereocenters. The predicted molar refractivity (Wildman–Crippen MR) is 103 cm³/mol. The van der Waals surface area contributed by atoms with Crippen molar-refractivity contribution in [2.45, 2.75) is 30.8 Å². The fourth-order valence-electron chi connectivity index (χ4n) is 2.51. The van der Waals surface area contributed by atoms with E-state index in [0.717, 1.165) is 39.5 Å². The smallest absolute Gasteiger partial charge is 0.258 e. The quantitative estimate of drug-likeness (QED) is 0.470. The van der Waals surface area contributed by atoms with Crippen LogP contribution in [0.15, 0.2) is 45.1 Å². The average Bonchev–Trinajstić information content (AvgIpc) is 3.34. The lowest BCUT2D eigenvalue weighted by Crippen LogP contribution is -2.12. The summed E-state index contributed by atoms with van der Waals surface area (Å²) in [6.45, 7) is 3.00. The molecule has 0 saturated heterocycles. The summed E-state index contributed by atoms with van der Waals surface area (Å²) in [6, 6.07) is 5.67. The van der Waals surface area contributed by atoms with E-state index in [2.05, 4.69) is 32.7 Å². The lowest BCUT2D eigenvalue weighted by Gasteiger charge is -2.07. The highest BCUT2D eigenvalue weighted by atomic mass is 32.2. The van der Waals surface area contributed by atoms with Gasteiger partial charge in [0, 0.05) is 29.9 Å². The fraction of sp³-hybridized carbons (Fsp3) is 0.250. The van der Waals surface area contributed by atoms with Crippen LogP contribution in [-0.4, -0.2) is 24.1 Å². The van der Waals surface area contributed by atoms with Crippen molar-refractivity contribution < 1.29 is 0 Å². The van der Waals surface area contributed by atoms with Crippen LogP contribution in [-0.2, 0) is 12.3 Å². The molecular weight excluding hydrogens is 374 g/mol. The zero-order valence-corrected chi connectivity index (χ0v) is 15.9. The molecule has 0 fully saturated rings. The summed E-state index contributed by atoms with van der Waals surface area (Å²) in [7, 11) is 0. The molecule has 25 heavy (non-hydrogen) atoms. The third-order valence-electron chi connectivity index (χ3n) is 3.61. The standard InChI is InChI=1S/C16H15N5OS3/c1-2-5-21-14(12-4-3-7-23-12)18-19-16(21)25-10-11-9-13(22)20-6-8-24-15(20)17-11/h3-4,6-9H,2,5,10H2,1H3. The fourth-order valence-corrected chi connectivity index (χ4v) is 4.82. The number of hydrogen-bond acceptors (Lipinski definition) is 7. The van der Waals surface area contributed by atoms with Crippen LogP contribution in [0.1, 0.15) is 19.0 Å². The maximum absolute atomic E-state index is 12.1. The minimum atomic E-state index is -0.0452. The van der Waals surface area contributed by atoms with Crippen molar-refractivity contribution in [2.24, 2.45) is 0 Å². The Labute approximate surface area is 156 Å². The van der Waals surface area contributed by atoms with Crippen molar-refractivity contribution in [3.63, 3.8) is 0 Å². The van der Waals surface area contributed by atoms with Gasteiger partial charge in [0.1, 0.15) is 0 Å². The lowest BCUT2D eigenvalue weighted by atomic mass is 10.4. The van der Waals surface area contributed by atoms with Crippen LogP contribution in [0.5, 0.6) is 0 Å². The van der Waals surface area contributed by atoms with E-state index >= 15 is 0 Å². The molecule has 0 aliphatic rings. The van der Waals surface area contributed by atoms with Crippen LogP contribution in [0.3, 0.4) is 0 Å². The summed E-state index contributed by atoms with van der Waals surface area (Å²) in [4.78, 5) is 18.5. The normalized spacial score (nSPS) is 11.4. The Morgan fingerprint density at radius 1 is 1.24 bits per heavy atom.